The quantitative estimate of drug-likeness (QED) is 0.928. The summed E-state index contributed by atoms with van der Waals surface area (Å²) in [7, 11) is 4.33. The van der Waals surface area contributed by atoms with Crippen LogP contribution in [0.5, 0.6) is 0 Å². The normalized spacial score (nSPS) is 24.6. The Bertz CT molecular complexity index is 405. The molecule has 3 atom stereocenters. The highest BCUT2D eigenvalue weighted by Gasteiger charge is 2.30. The Hall–Kier alpha value is -0.130. The van der Waals surface area contributed by atoms with Crippen LogP contribution in [0.1, 0.15) is 30.7 Å². The van der Waals surface area contributed by atoms with E-state index in [1.54, 1.807) is 11.3 Å². The molecule has 2 rings (SSSR count). The second-order valence-electron chi connectivity index (χ2n) is 5.70. The monoisotopic (exact) mass is 301 g/mol. The molecular weight excluding hydrogens is 278 g/mol. The molecule has 1 saturated heterocycles. The van der Waals surface area contributed by atoms with Crippen molar-refractivity contribution < 1.29 is 0 Å². The van der Waals surface area contributed by atoms with E-state index < -0.39 is 0 Å². The smallest absolute Gasteiger partial charge is 0.0931 e. The highest BCUT2D eigenvalue weighted by molar-refractivity contribution is 7.16. The number of rotatable bonds is 4. The summed E-state index contributed by atoms with van der Waals surface area (Å²) in [4.78, 5) is 6.15. The number of piperidine rings is 1. The van der Waals surface area contributed by atoms with Crippen molar-refractivity contribution in [3.8, 4) is 0 Å². The van der Waals surface area contributed by atoms with Crippen LogP contribution in [0.2, 0.25) is 4.34 Å². The molecule has 1 aliphatic heterocycles. The van der Waals surface area contributed by atoms with E-state index in [1.165, 1.54) is 17.7 Å². The van der Waals surface area contributed by atoms with Gasteiger partial charge in [-0.2, -0.15) is 0 Å². The van der Waals surface area contributed by atoms with E-state index in [9.17, 15) is 0 Å². The Labute approximate surface area is 125 Å². The lowest BCUT2D eigenvalue weighted by Gasteiger charge is -2.41. The summed E-state index contributed by atoms with van der Waals surface area (Å²) in [5, 5.41) is 0. The first-order valence-electron chi connectivity index (χ1n) is 6.90. The average molecular weight is 302 g/mol. The largest absolute Gasteiger partial charge is 0.326 e. The summed E-state index contributed by atoms with van der Waals surface area (Å²) >= 11 is 7.74. The fourth-order valence-corrected chi connectivity index (χ4v) is 4.23. The summed E-state index contributed by atoms with van der Waals surface area (Å²) in [5.74, 6) is 0. The van der Waals surface area contributed by atoms with Gasteiger partial charge < -0.3 is 10.6 Å². The van der Waals surface area contributed by atoms with E-state index in [0.717, 1.165) is 17.4 Å². The molecule has 1 aliphatic rings. The lowest BCUT2D eigenvalue weighted by molar-refractivity contribution is 0.0879. The van der Waals surface area contributed by atoms with Crippen LogP contribution < -0.4 is 5.73 Å². The van der Waals surface area contributed by atoms with Crippen molar-refractivity contribution in [1.29, 1.82) is 0 Å². The van der Waals surface area contributed by atoms with E-state index in [0.29, 0.717) is 12.1 Å². The molecule has 1 aromatic rings. The molecule has 3 unspecified atom stereocenters. The molecule has 2 heterocycles. The molecule has 2 N–H and O–H groups in total. The van der Waals surface area contributed by atoms with Gasteiger partial charge in [0.2, 0.25) is 0 Å². The molecule has 19 heavy (non-hydrogen) atoms. The van der Waals surface area contributed by atoms with Crippen LogP contribution in [-0.2, 0) is 0 Å². The first-order valence-corrected chi connectivity index (χ1v) is 8.09. The molecule has 0 saturated carbocycles. The minimum absolute atomic E-state index is 0.121. The predicted molar refractivity (Wildman–Crippen MR) is 84.0 cm³/mol. The van der Waals surface area contributed by atoms with Gasteiger partial charge in [-0.1, -0.05) is 11.6 Å². The molecule has 0 amide bonds. The Kier molecular flexibility index (Phi) is 5.26. The topological polar surface area (TPSA) is 32.5 Å². The van der Waals surface area contributed by atoms with Gasteiger partial charge in [0.25, 0.3) is 0 Å². The number of halogens is 1. The summed E-state index contributed by atoms with van der Waals surface area (Å²) in [6.07, 6.45) is 2.52. The van der Waals surface area contributed by atoms with Gasteiger partial charge in [-0.3, -0.25) is 4.90 Å². The Morgan fingerprint density at radius 3 is 2.74 bits per heavy atom. The zero-order chi connectivity index (χ0) is 14.0. The number of likely N-dealkylation sites (N-methyl/N-ethyl adjacent to an activating group) is 1. The maximum absolute atomic E-state index is 6.24. The Balaban J connectivity index is 2.15. The first-order chi connectivity index (χ1) is 8.99. The predicted octanol–water partition coefficient (Wildman–Crippen LogP) is 2.82. The van der Waals surface area contributed by atoms with E-state index >= 15 is 0 Å². The first kappa shape index (κ1) is 15.3. The van der Waals surface area contributed by atoms with Crippen molar-refractivity contribution in [1.82, 2.24) is 9.80 Å². The van der Waals surface area contributed by atoms with E-state index in [4.69, 9.17) is 17.3 Å². The SMILES string of the molecule is CC(N)C(c1ccc(Cl)s1)N1CCCC(N(C)C)C1. The van der Waals surface area contributed by atoms with E-state index in [1.807, 2.05) is 6.07 Å². The second kappa shape index (κ2) is 6.55. The maximum Gasteiger partial charge on any atom is 0.0931 e. The highest BCUT2D eigenvalue weighted by Crippen LogP contribution is 2.34. The fraction of sp³-hybridized carbons (Fsp3) is 0.714. The fourth-order valence-electron chi connectivity index (χ4n) is 2.92. The van der Waals surface area contributed by atoms with Gasteiger partial charge in [0, 0.05) is 23.5 Å². The average Bonchev–Trinajstić information content (AvgIpc) is 2.75. The van der Waals surface area contributed by atoms with Crippen molar-refractivity contribution in [2.45, 2.75) is 37.9 Å². The molecule has 0 spiro atoms. The van der Waals surface area contributed by atoms with Crippen molar-refractivity contribution in [2.75, 3.05) is 27.2 Å². The summed E-state index contributed by atoms with van der Waals surface area (Å²) in [5.41, 5.74) is 6.24. The lowest BCUT2D eigenvalue weighted by atomic mass is 9.99. The zero-order valence-corrected chi connectivity index (χ0v) is 13.5. The van der Waals surface area contributed by atoms with Gasteiger partial charge in [0.1, 0.15) is 0 Å². The third kappa shape index (κ3) is 3.70. The lowest BCUT2D eigenvalue weighted by Crippen LogP contribution is -2.49. The molecule has 0 aromatic carbocycles. The standard InChI is InChI=1S/C14H24ClN3S/c1-10(16)14(12-6-7-13(15)19-12)18-8-4-5-11(9-18)17(2)3/h6-7,10-11,14H,4-5,8-9,16H2,1-3H3. The van der Waals surface area contributed by atoms with Crippen LogP contribution in [0.15, 0.2) is 12.1 Å². The Morgan fingerprint density at radius 1 is 1.47 bits per heavy atom. The summed E-state index contributed by atoms with van der Waals surface area (Å²) in [6.45, 7) is 4.32. The minimum Gasteiger partial charge on any atom is -0.326 e. The Morgan fingerprint density at radius 2 is 2.21 bits per heavy atom. The number of hydrogen-bond acceptors (Lipinski definition) is 4. The number of hydrogen-bond donors (Lipinski definition) is 1. The van der Waals surface area contributed by atoms with Crippen LogP contribution in [0.4, 0.5) is 0 Å². The van der Waals surface area contributed by atoms with Crippen molar-refractivity contribution in [2.24, 2.45) is 5.73 Å². The molecule has 3 nitrogen and oxygen atoms in total. The van der Waals surface area contributed by atoms with Gasteiger partial charge in [0.05, 0.1) is 10.4 Å². The minimum atomic E-state index is 0.121. The van der Waals surface area contributed by atoms with Crippen molar-refractivity contribution in [3.05, 3.63) is 21.3 Å². The highest BCUT2D eigenvalue weighted by atomic mass is 35.5. The van der Waals surface area contributed by atoms with Crippen LogP contribution in [-0.4, -0.2) is 49.1 Å². The van der Waals surface area contributed by atoms with Crippen LogP contribution >= 0.6 is 22.9 Å². The van der Waals surface area contributed by atoms with Crippen molar-refractivity contribution in [3.63, 3.8) is 0 Å². The van der Waals surface area contributed by atoms with Gasteiger partial charge in [0.15, 0.2) is 0 Å². The van der Waals surface area contributed by atoms with Crippen LogP contribution in [0.3, 0.4) is 0 Å². The van der Waals surface area contributed by atoms with Gasteiger partial charge in [-0.15, -0.1) is 11.3 Å². The molecule has 0 radical (unpaired) electrons. The third-order valence-corrected chi connectivity index (χ3v) is 5.24. The van der Waals surface area contributed by atoms with Gasteiger partial charge in [-0.25, -0.2) is 0 Å². The molecule has 108 valence electrons. The maximum atomic E-state index is 6.24. The van der Waals surface area contributed by atoms with Crippen LogP contribution in [0.25, 0.3) is 0 Å². The number of nitrogens with zero attached hydrogens (tertiary/aromatic N) is 2. The summed E-state index contributed by atoms with van der Waals surface area (Å²) in [6, 6.07) is 5.14. The third-order valence-electron chi connectivity index (χ3n) is 3.94. The number of likely N-dealkylation sites (tertiary alicyclic amines) is 1. The zero-order valence-electron chi connectivity index (χ0n) is 12.0. The molecule has 1 aromatic heterocycles. The van der Waals surface area contributed by atoms with Gasteiger partial charge in [-0.05, 0) is 52.5 Å². The molecule has 0 bridgehead atoms. The van der Waals surface area contributed by atoms with Crippen LogP contribution in [0, 0.1) is 0 Å². The molecular formula is C14H24ClN3S. The summed E-state index contributed by atoms with van der Waals surface area (Å²) < 4.78 is 0.849. The number of nitrogens with two attached hydrogens (primary N) is 1. The van der Waals surface area contributed by atoms with Crippen molar-refractivity contribution >= 4 is 22.9 Å². The van der Waals surface area contributed by atoms with Gasteiger partial charge >= 0.3 is 0 Å². The molecule has 0 aliphatic carbocycles. The van der Waals surface area contributed by atoms with E-state index in [-0.39, 0.29) is 6.04 Å². The number of thiophene rings is 1. The molecule has 5 heteroatoms. The van der Waals surface area contributed by atoms with E-state index in [2.05, 4.69) is 36.9 Å². The second-order valence-corrected chi connectivity index (χ2v) is 7.45. The molecule has 1 fully saturated rings.